The molecular weight excluding hydrogens is 333 g/mol. The first-order valence-electron chi connectivity index (χ1n) is 7.92. The molecular formula is C20H16FN3O2. The molecule has 0 saturated carbocycles. The number of anilines is 2. The number of halogens is 1. The minimum Gasteiger partial charge on any atom is -0.322 e. The zero-order valence-corrected chi connectivity index (χ0v) is 14.0. The molecule has 3 rings (SSSR count). The maximum Gasteiger partial charge on any atom is 0.274 e. The first kappa shape index (κ1) is 17.3. The van der Waals surface area contributed by atoms with E-state index < -0.39 is 11.7 Å². The van der Waals surface area contributed by atoms with Crippen molar-refractivity contribution in [1.82, 2.24) is 4.98 Å². The average molecular weight is 349 g/mol. The van der Waals surface area contributed by atoms with Gasteiger partial charge < -0.3 is 10.6 Å². The molecule has 1 aromatic heterocycles. The minimum absolute atomic E-state index is 0.0613. The van der Waals surface area contributed by atoms with Gasteiger partial charge in [0.2, 0.25) is 0 Å². The van der Waals surface area contributed by atoms with Crippen LogP contribution >= 0.6 is 0 Å². The molecule has 0 aliphatic heterocycles. The predicted octanol–water partition coefficient (Wildman–Crippen LogP) is 4.03. The van der Waals surface area contributed by atoms with Crippen LogP contribution in [0, 0.1) is 12.7 Å². The van der Waals surface area contributed by atoms with Crippen molar-refractivity contribution in [3.05, 3.63) is 89.5 Å². The molecule has 0 unspecified atom stereocenters. The number of hydrogen-bond donors (Lipinski definition) is 2. The van der Waals surface area contributed by atoms with Crippen LogP contribution in [0.3, 0.4) is 0 Å². The predicted molar refractivity (Wildman–Crippen MR) is 97.7 cm³/mol. The van der Waals surface area contributed by atoms with E-state index in [0.29, 0.717) is 16.9 Å². The molecule has 3 aromatic rings. The average Bonchev–Trinajstić information content (AvgIpc) is 2.62. The summed E-state index contributed by atoms with van der Waals surface area (Å²) in [5.74, 6) is -1.33. The summed E-state index contributed by atoms with van der Waals surface area (Å²) in [5, 5.41) is 5.32. The molecule has 0 spiro atoms. The Labute approximate surface area is 149 Å². The van der Waals surface area contributed by atoms with Crippen molar-refractivity contribution in [2.24, 2.45) is 0 Å². The summed E-state index contributed by atoms with van der Waals surface area (Å²) in [6.45, 7) is 1.93. The topological polar surface area (TPSA) is 71.1 Å². The number of nitrogens with one attached hydrogen (secondary N) is 2. The molecule has 130 valence electrons. The third kappa shape index (κ3) is 4.30. The zero-order valence-electron chi connectivity index (χ0n) is 14.0. The maximum atomic E-state index is 13.2. The third-order valence-electron chi connectivity index (χ3n) is 3.61. The smallest absolute Gasteiger partial charge is 0.274 e. The molecule has 0 aliphatic carbocycles. The third-order valence-corrected chi connectivity index (χ3v) is 3.61. The summed E-state index contributed by atoms with van der Waals surface area (Å²) in [7, 11) is 0. The van der Waals surface area contributed by atoms with Crippen molar-refractivity contribution in [1.29, 1.82) is 0 Å². The van der Waals surface area contributed by atoms with E-state index in [0.717, 1.165) is 5.56 Å². The summed E-state index contributed by atoms with van der Waals surface area (Å²) < 4.78 is 13.2. The van der Waals surface area contributed by atoms with E-state index in [1.54, 1.807) is 12.1 Å². The Morgan fingerprint density at radius 3 is 2.31 bits per heavy atom. The monoisotopic (exact) mass is 349 g/mol. The second-order valence-electron chi connectivity index (χ2n) is 5.72. The molecule has 0 bridgehead atoms. The number of amides is 2. The molecule has 0 saturated heterocycles. The Kier molecular flexibility index (Phi) is 5.03. The van der Waals surface area contributed by atoms with E-state index in [-0.39, 0.29) is 11.6 Å². The fourth-order valence-corrected chi connectivity index (χ4v) is 2.38. The number of aromatic nitrogens is 1. The Morgan fingerprint density at radius 2 is 1.58 bits per heavy atom. The van der Waals surface area contributed by atoms with Gasteiger partial charge in [-0.1, -0.05) is 18.2 Å². The van der Waals surface area contributed by atoms with Gasteiger partial charge in [-0.15, -0.1) is 0 Å². The van der Waals surface area contributed by atoms with Crippen LogP contribution in [-0.2, 0) is 0 Å². The molecule has 0 radical (unpaired) electrons. The minimum atomic E-state index is -0.527. The molecule has 6 heteroatoms. The van der Waals surface area contributed by atoms with E-state index in [9.17, 15) is 14.0 Å². The highest BCUT2D eigenvalue weighted by atomic mass is 19.1. The number of carbonyl (C=O) groups is 2. The molecule has 5 nitrogen and oxygen atoms in total. The van der Waals surface area contributed by atoms with Gasteiger partial charge in [0.25, 0.3) is 11.8 Å². The number of carbonyl (C=O) groups excluding carboxylic acids is 2. The first-order valence-corrected chi connectivity index (χ1v) is 7.92. The van der Waals surface area contributed by atoms with Crippen molar-refractivity contribution in [3.63, 3.8) is 0 Å². The van der Waals surface area contributed by atoms with Crippen molar-refractivity contribution >= 4 is 23.2 Å². The highest BCUT2D eigenvalue weighted by molar-refractivity contribution is 6.07. The molecule has 0 aliphatic rings. The number of pyridine rings is 1. The van der Waals surface area contributed by atoms with Crippen LogP contribution in [0.5, 0.6) is 0 Å². The van der Waals surface area contributed by atoms with Crippen molar-refractivity contribution in [2.45, 2.75) is 6.92 Å². The SMILES string of the molecule is Cc1cccc(NC(=O)c2ccnc(C(=O)Nc3cccc(F)c3)c2)c1. The van der Waals surface area contributed by atoms with Crippen molar-refractivity contribution < 1.29 is 14.0 Å². The van der Waals surface area contributed by atoms with Crippen LogP contribution in [-0.4, -0.2) is 16.8 Å². The van der Waals surface area contributed by atoms with E-state index in [2.05, 4.69) is 15.6 Å². The molecule has 0 fully saturated rings. The van der Waals surface area contributed by atoms with Gasteiger partial charge in [-0.05, 0) is 55.0 Å². The van der Waals surface area contributed by atoms with Crippen molar-refractivity contribution in [3.8, 4) is 0 Å². The Balaban J connectivity index is 1.75. The molecule has 0 atom stereocenters. The van der Waals surface area contributed by atoms with Crippen molar-refractivity contribution in [2.75, 3.05) is 10.6 Å². The first-order chi connectivity index (χ1) is 12.5. The second kappa shape index (κ2) is 7.57. The van der Waals surface area contributed by atoms with E-state index in [1.807, 2.05) is 25.1 Å². The lowest BCUT2D eigenvalue weighted by atomic mass is 10.2. The Bertz CT molecular complexity index is 898. The zero-order chi connectivity index (χ0) is 18.5. The number of nitrogens with zero attached hydrogens (tertiary/aromatic N) is 1. The molecule has 1 heterocycles. The largest absolute Gasteiger partial charge is 0.322 e. The normalized spacial score (nSPS) is 10.2. The van der Waals surface area contributed by atoms with Crippen LogP contribution in [0.4, 0.5) is 15.8 Å². The molecule has 2 amide bonds. The number of aryl methyl sites for hydroxylation is 1. The van der Waals surface area contributed by atoms with Crippen LogP contribution < -0.4 is 10.6 Å². The summed E-state index contributed by atoms with van der Waals surface area (Å²) >= 11 is 0. The number of benzene rings is 2. The molecule has 2 aromatic carbocycles. The Hall–Kier alpha value is -3.54. The van der Waals surface area contributed by atoms with Crippen LogP contribution in [0.25, 0.3) is 0 Å². The summed E-state index contributed by atoms with van der Waals surface area (Å²) in [5.41, 5.74) is 2.36. The van der Waals surface area contributed by atoms with Gasteiger partial charge in [0.05, 0.1) is 0 Å². The lowest BCUT2D eigenvalue weighted by Crippen LogP contribution is -2.17. The van der Waals surface area contributed by atoms with Gasteiger partial charge in [-0.25, -0.2) is 4.39 Å². The van der Waals surface area contributed by atoms with Crippen LogP contribution in [0.15, 0.2) is 66.9 Å². The van der Waals surface area contributed by atoms with E-state index in [4.69, 9.17) is 0 Å². The molecule has 2 N–H and O–H groups in total. The fraction of sp³-hybridized carbons (Fsp3) is 0.0500. The van der Waals surface area contributed by atoms with Gasteiger partial charge >= 0.3 is 0 Å². The number of hydrogen-bond acceptors (Lipinski definition) is 3. The van der Waals surface area contributed by atoms with Gasteiger partial charge in [0.1, 0.15) is 11.5 Å². The number of rotatable bonds is 4. The summed E-state index contributed by atoms with van der Waals surface area (Å²) in [4.78, 5) is 28.6. The fourth-order valence-electron chi connectivity index (χ4n) is 2.38. The second-order valence-corrected chi connectivity index (χ2v) is 5.72. The van der Waals surface area contributed by atoms with Gasteiger partial charge in [0, 0.05) is 23.1 Å². The molecule has 26 heavy (non-hydrogen) atoms. The summed E-state index contributed by atoms with van der Waals surface area (Å²) in [6, 6.07) is 15.8. The van der Waals surface area contributed by atoms with Gasteiger partial charge in [-0.3, -0.25) is 14.6 Å². The van der Waals surface area contributed by atoms with Gasteiger partial charge in [-0.2, -0.15) is 0 Å². The highest BCUT2D eigenvalue weighted by Gasteiger charge is 2.13. The van der Waals surface area contributed by atoms with Gasteiger partial charge in [0.15, 0.2) is 0 Å². The standard InChI is InChI=1S/C20H16FN3O2/c1-13-4-2-6-16(10-13)23-19(25)14-8-9-22-18(11-14)20(26)24-17-7-3-5-15(21)12-17/h2-12H,1H3,(H,23,25)(H,24,26). The van der Waals surface area contributed by atoms with Crippen LogP contribution in [0.2, 0.25) is 0 Å². The lowest BCUT2D eigenvalue weighted by molar-refractivity contribution is 0.102. The highest BCUT2D eigenvalue weighted by Crippen LogP contribution is 2.13. The van der Waals surface area contributed by atoms with E-state index >= 15 is 0 Å². The summed E-state index contributed by atoms with van der Waals surface area (Å²) in [6.07, 6.45) is 1.38. The quantitative estimate of drug-likeness (QED) is 0.747. The van der Waals surface area contributed by atoms with Crippen LogP contribution in [0.1, 0.15) is 26.4 Å². The maximum absolute atomic E-state index is 13.2. The Morgan fingerprint density at radius 1 is 0.885 bits per heavy atom. The lowest BCUT2D eigenvalue weighted by Gasteiger charge is -2.08. The van der Waals surface area contributed by atoms with E-state index in [1.165, 1.54) is 36.5 Å².